The third-order valence-corrected chi connectivity index (χ3v) is 25.8. The van der Waals surface area contributed by atoms with E-state index in [2.05, 4.69) is 50.8 Å². The number of carbonyl (C=O) groups is 4. The predicted molar refractivity (Wildman–Crippen MR) is 526 cm³/mol. The first-order valence-corrected chi connectivity index (χ1v) is 47.3. The molecular weight excluding hydrogens is 1910 g/mol. The number of hydrogen-bond acceptors (Lipinski definition) is 23. The number of aromatic nitrogens is 12. The molecule has 31 nitrogen and oxygen atoms in total. The van der Waals surface area contributed by atoms with Crippen LogP contribution in [0, 0.1) is 51.0 Å². The minimum absolute atomic E-state index is 0. The van der Waals surface area contributed by atoms with Crippen molar-refractivity contribution in [2.75, 3.05) is 49.2 Å². The van der Waals surface area contributed by atoms with Gasteiger partial charge >= 0.3 is 0 Å². The number of alkyl halides is 2. The second kappa shape index (κ2) is 43.8. The van der Waals surface area contributed by atoms with Gasteiger partial charge < -0.3 is 77.7 Å². The first-order valence-electron chi connectivity index (χ1n) is 45.8. The lowest BCUT2D eigenvalue weighted by atomic mass is 9.95. The number of ether oxygens (including phenoxy) is 5. The van der Waals surface area contributed by atoms with Gasteiger partial charge in [-0.15, -0.1) is 0 Å². The summed E-state index contributed by atoms with van der Waals surface area (Å²) in [5, 5.41) is 27.4. The molecule has 4 aromatic carbocycles. The molecule has 9 heterocycles. The number of piperidine rings is 1. The van der Waals surface area contributed by atoms with Crippen molar-refractivity contribution in [3.05, 3.63) is 208 Å². The quantitative estimate of drug-likeness (QED) is 0.0227. The number of halogens is 10. The first-order chi connectivity index (χ1) is 65.1. The van der Waals surface area contributed by atoms with E-state index in [9.17, 15) is 38.2 Å². The second-order valence-electron chi connectivity index (χ2n) is 36.6. The summed E-state index contributed by atoms with van der Waals surface area (Å²) in [6.07, 6.45) is 14.8. The smallest absolute Gasteiger partial charge is 0.260 e. The Labute approximate surface area is 827 Å². The third-order valence-electron chi connectivity index (χ3n) is 24.7. The van der Waals surface area contributed by atoms with Crippen LogP contribution in [-0.4, -0.2) is 183 Å². The molecule has 8 aromatic heterocycles. The third kappa shape index (κ3) is 22.8. The van der Waals surface area contributed by atoms with Crippen LogP contribution in [0.4, 0.5) is 49.6 Å². The Morgan fingerprint density at radius 1 is 0.446 bits per heavy atom. The Bertz CT molecular complexity index is 6420. The molecule has 12 aromatic rings. The van der Waals surface area contributed by atoms with Gasteiger partial charge in [0.05, 0.1) is 91.6 Å². The van der Waals surface area contributed by atoms with Crippen LogP contribution in [0.2, 0.25) is 20.1 Å². The first kappa shape index (κ1) is 106. The van der Waals surface area contributed by atoms with Gasteiger partial charge in [-0.2, -0.15) is 13.5 Å². The van der Waals surface area contributed by atoms with Crippen LogP contribution in [-0.2, 0) is 4.74 Å². The van der Waals surface area contributed by atoms with Crippen molar-refractivity contribution in [1.29, 1.82) is 0 Å². The molecule has 16 rings (SSSR count). The van der Waals surface area contributed by atoms with Gasteiger partial charge in [0.15, 0.2) is 23.3 Å². The number of imidazole rings is 4. The maximum atomic E-state index is 15.4. The van der Waals surface area contributed by atoms with E-state index in [1.54, 1.807) is 102 Å². The van der Waals surface area contributed by atoms with E-state index >= 15 is 17.6 Å². The fourth-order valence-electron chi connectivity index (χ4n) is 17.8. The minimum atomic E-state index is -2.85. The predicted octanol–water partition coefficient (Wildman–Crippen LogP) is 18.0. The number of fused-ring (bicyclic) bond motifs is 4. The molecule has 748 valence electrons. The number of nitrogens with two attached hydrogens (primary N) is 4. The van der Waals surface area contributed by atoms with Crippen LogP contribution >= 0.6 is 59.9 Å². The molecule has 1 saturated heterocycles. The summed E-state index contributed by atoms with van der Waals surface area (Å²) in [4.78, 5) is 89.8. The fourth-order valence-corrected chi connectivity index (χ4v) is 18.7. The molecule has 13 N–H and O–H groups in total. The lowest BCUT2D eigenvalue weighted by Crippen LogP contribution is -2.43. The number of likely N-dealkylation sites (tertiary alicyclic amines) is 1. The number of rotatable bonds is 26. The van der Waals surface area contributed by atoms with Crippen LogP contribution < -0.4 is 57.8 Å². The normalized spacial score (nSPS) is 17.4. The largest absolute Gasteiger partial charge is 0.490 e. The highest BCUT2D eigenvalue weighted by Gasteiger charge is 2.47. The lowest BCUT2D eigenvalue weighted by Gasteiger charge is -2.32. The topological polar surface area (TPSA) is 419 Å². The molecule has 0 radical (unpaired) electrons. The van der Waals surface area contributed by atoms with Crippen molar-refractivity contribution in [2.45, 2.75) is 266 Å². The molecule has 1 aliphatic heterocycles. The molecule has 4 aliphatic rings. The average molecular weight is 2030 g/mol. The van der Waals surface area contributed by atoms with Gasteiger partial charge in [0, 0.05) is 140 Å². The molecule has 2 unspecified atom stereocenters. The molecule has 0 bridgehead atoms. The zero-order valence-corrected chi connectivity index (χ0v) is 84.3. The minimum Gasteiger partial charge on any atom is -0.490 e. The number of aliphatic hydroxyl groups is 2. The number of nitrogen functional groups attached to an aromatic ring is 4. The Kier molecular flexibility index (Phi) is 33.5. The number of aliphatic hydroxyl groups excluding tert-OH is 2. The number of nitrogens with zero attached hydrogens (tertiary/aromatic N) is 13. The molecular formula is C97H118Cl4F6N20O11S. The van der Waals surface area contributed by atoms with Crippen molar-refractivity contribution in [3.63, 3.8) is 0 Å². The zero-order valence-electron chi connectivity index (χ0n) is 80.2. The van der Waals surface area contributed by atoms with Gasteiger partial charge in [0.1, 0.15) is 114 Å². The summed E-state index contributed by atoms with van der Waals surface area (Å²) in [6.45, 7) is 31.6. The molecule has 42 heteroatoms. The average Bonchev–Trinajstić information content (AvgIpc) is 1.64. The van der Waals surface area contributed by atoms with E-state index in [0.717, 1.165) is 12.8 Å². The van der Waals surface area contributed by atoms with E-state index in [-0.39, 0.29) is 122 Å². The number of aryl methyl sites for hydroxylation is 4. The van der Waals surface area contributed by atoms with E-state index in [1.165, 1.54) is 29.2 Å². The molecule has 139 heavy (non-hydrogen) atoms. The summed E-state index contributed by atoms with van der Waals surface area (Å²) in [6, 6.07) is 5.39. The van der Waals surface area contributed by atoms with Gasteiger partial charge in [-0.1, -0.05) is 74.1 Å². The molecule has 4 amide bonds. The number of amides is 4. The molecule has 3 saturated carbocycles. The van der Waals surface area contributed by atoms with E-state index in [1.807, 2.05) is 82.4 Å². The van der Waals surface area contributed by atoms with Crippen LogP contribution in [0.15, 0.2) is 73.8 Å². The van der Waals surface area contributed by atoms with Crippen molar-refractivity contribution >= 4 is 129 Å². The highest BCUT2D eigenvalue weighted by molar-refractivity contribution is 7.59. The SMILES string of the molecule is CCOCC1(NC(=O)c2c(F)c(Cl)cc([C@H](C)c3nc(C)c4c(N)nccn34)c2OC(C)C)CC1.Cc1nc([C@@H](C)c2cc(Cl)c(F)c(C(=O)NC3CC[C@@H](O)C3)c2OC(C)C)n2ccnc(N)c12.Cc1nc([C@H](C)c2cc(Cl)c(F)c(C(=O)N3CCC(F)(F)CC3)c2OC(C)C)n2ccnc(N)c12.Cc1nc([C@H](C)c2cc(Cl)c(F)c(C(=O)NC3CC[C@@H](O)C3)c2OC(C)C)n2ccnc(N)c12.S. The fraction of sp³-hybridized carbons (Fsp3) is 0.464. The van der Waals surface area contributed by atoms with Crippen LogP contribution in [0.1, 0.15) is 288 Å². The maximum absolute atomic E-state index is 15.4. The van der Waals surface area contributed by atoms with E-state index in [4.69, 9.17) is 98.0 Å². The molecule has 0 spiro atoms. The number of benzene rings is 4. The monoisotopic (exact) mass is 2020 g/mol. The number of hydrogen-bond donors (Lipinski definition) is 9. The number of carbonyl (C=O) groups excluding carboxylic acids is 4. The van der Waals surface area contributed by atoms with Gasteiger partial charge in [0.25, 0.3) is 29.6 Å². The van der Waals surface area contributed by atoms with Gasteiger partial charge in [0.2, 0.25) is 0 Å². The molecule has 3 aliphatic carbocycles. The summed E-state index contributed by atoms with van der Waals surface area (Å²) in [5.74, 6) is -6.37. The van der Waals surface area contributed by atoms with Crippen molar-refractivity contribution in [1.82, 2.24) is 78.3 Å². The number of anilines is 4. The van der Waals surface area contributed by atoms with Crippen molar-refractivity contribution in [3.8, 4) is 23.0 Å². The van der Waals surface area contributed by atoms with E-state index < -0.39 is 113 Å². The summed E-state index contributed by atoms with van der Waals surface area (Å²) in [5.41, 5.74) is 30.2. The van der Waals surface area contributed by atoms with Crippen molar-refractivity contribution in [2.24, 2.45) is 0 Å². The van der Waals surface area contributed by atoms with Crippen molar-refractivity contribution < 1.29 is 79.4 Å². The maximum Gasteiger partial charge on any atom is 0.260 e. The summed E-state index contributed by atoms with van der Waals surface area (Å²) < 4.78 is 126. The Balaban J connectivity index is 0.000000166. The van der Waals surface area contributed by atoms with Gasteiger partial charge in [-0.25, -0.2) is 66.2 Å². The highest BCUT2D eigenvalue weighted by atomic mass is 35.5. The van der Waals surface area contributed by atoms with Gasteiger partial charge in [-0.05, 0) is 166 Å². The zero-order chi connectivity index (χ0) is 101. The Morgan fingerprint density at radius 2 is 0.719 bits per heavy atom. The standard InChI is InChI=1S/C25H31ClFN5O3.C24H27ClF3N5O2.2C24H29ClFN5O3.H2S/c1-6-34-12-25(7-8-25)31-24(33)18-19(27)17(26)11-16(21(18)35-13(2)3)14(4)23-30-15(5)20-22(28)29-9-10-32(20)23;1-12(2)35-20-15(13(3)22-31-14(4)19-21(29)30-7-10-33(19)22)11-16(25)18(26)17(20)23(34)32-8-5-24(27,28)6-9-32;2*1-11(2)34-21-16(12(3)23-29-13(4)20-22(27)28-7-8-31(20)23)10-17(25)19(26)18(21)24(33)30-14-5-6-15(32)9-14;/h9-11,13-14H,6-8,12H2,1-5H3,(H2,28,29)(H,31,33);7,10-13H,5-6,8-9H2,1-4H3,(H2,29,30);2*7-8,10-12,14-15,32H,5-6,9H2,1-4H3,(H2,27,28)(H,30,33);1H2/t14-;13-;12-,14?,15+;12-,14?,15-;/m0101./s1. The Hall–Kier alpha value is -11.4. The Morgan fingerprint density at radius 3 is 0.978 bits per heavy atom. The number of nitrogens with one attached hydrogen (secondary N) is 3. The molecule has 8 atom stereocenters. The van der Waals surface area contributed by atoms with Crippen LogP contribution in [0.3, 0.4) is 0 Å². The second-order valence-corrected chi connectivity index (χ2v) is 38.2. The van der Waals surface area contributed by atoms with Gasteiger partial charge in [-0.3, -0.25) is 36.8 Å². The van der Waals surface area contributed by atoms with Crippen LogP contribution in [0.25, 0.3) is 22.1 Å². The molecule has 4 fully saturated rings. The summed E-state index contributed by atoms with van der Waals surface area (Å²) >= 11 is 25.2. The van der Waals surface area contributed by atoms with E-state index in [0.29, 0.717) is 165 Å². The lowest BCUT2D eigenvalue weighted by molar-refractivity contribution is -0.0495. The summed E-state index contributed by atoms with van der Waals surface area (Å²) in [7, 11) is 0. The highest BCUT2D eigenvalue weighted by Crippen LogP contribution is 2.48. The van der Waals surface area contributed by atoms with Crippen LogP contribution in [0.5, 0.6) is 23.0 Å².